The highest BCUT2D eigenvalue weighted by atomic mass is 32.1. The Morgan fingerprint density at radius 3 is 1.88 bits per heavy atom. The number of rotatable bonds is 3. The normalized spacial score (nSPS) is 15.6. The molecule has 1 spiro atoms. The predicted octanol–water partition coefficient (Wildman–Crippen LogP) is 13.1. The van der Waals surface area contributed by atoms with Crippen LogP contribution in [-0.4, -0.2) is 0 Å². The average molecular weight is 646 g/mol. The lowest BCUT2D eigenvalue weighted by molar-refractivity contribution is 0.802. The standard InChI is InChI=1S/C45H27NS2/c1-2-13-28(14-3-1)46(39-22-12-19-32-31-16-6-10-23-40(31)47-43(32)39)29-25-26-38-35(27-29)30-15-4-8-20-36(30)45(38)37-21-9-5-17-33(37)44-42(45)34-18-7-11-24-41(34)48-44/h1-27H. The van der Waals surface area contributed by atoms with Crippen molar-refractivity contribution in [3.8, 4) is 21.6 Å². The minimum Gasteiger partial charge on any atom is -0.309 e. The molecule has 2 aliphatic carbocycles. The van der Waals surface area contributed by atoms with Gasteiger partial charge < -0.3 is 4.90 Å². The lowest BCUT2D eigenvalue weighted by Crippen LogP contribution is -2.25. The summed E-state index contributed by atoms with van der Waals surface area (Å²) in [5.41, 5.74) is 12.7. The number of benzene rings is 7. The highest BCUT2D eigenvalue weighted by molar-refractivity contribution is 7.26. The second-order valence-electron chi connectivity index (χ2n) is 12.8. The van der Waals surface area contributed by atoms with Crippen LogP contribution < -0.4 is 4.90 Å². The first-order valence-corrected chi connectivity index (χ1v) is 18.1. The van der Waals surface area contributed by atoms with E-state index in [-0.39, 0.29) is 5.41 Å². The molecule has 2 aromatic heterocycles. The molecular formula is C45H27NS2. The van der Waals surface area contributed by atoms with Gasteiger partial charge in [0.15, 0.2) is 0 Å². The van der Waals surface area contributed by atoms with Crippen molar-refractivity contribution in [2.24, 2.45) is 0 Å². The third-order valence-corrected chi connectivity index (χ3v) is 12.9. The molecule has 224 valence electrons. The molecule has 0 saturated heterocycles. The summed E-state index contributed by atoms with van der Waals surface area (Å²) >= 11 is 3.82. The summed E-state index contributed by atoms with van der Waals surface area (Å²) in [5, 5.41) is 3.98. The zero-order valence-corrected chi connectivity index (χ0v) is 27.5. The van der Waals surface area contributed by atoms with Gasteiger partial charge in [0, 0.05) is 36.4 Å². The number of anilines is 3. The Morgan fingerprint density at radius 1 is 0.417 bits per heavy atom. The van der Waals surface area contributed by atoms with Gasteiger partial charge in [0.05, 0.1) is 15.8 Å². The molecule has 1 atom stereocenters. The molecule has 7 aromatic carbocycles. The van der Waals surface area contributed by atoms with Crippen LogP contribution in [0.5, 0.6) is 0 Å². The third-order valence-electron chi connectivity index (χ3n) is 10.5. The van der Waals surface area contributed by atoms with Crippen molar-refractivity contribution >= 4 is 70.0 Å². The summed E-state index contributed by atoms with van der Waals surface area (Å²) < 4.78 is 3.97. The minimum atomic E-state index is -0.362. The molecule has 0 amide bonds. The van der Waals surface area contributed by atoms with Gasteiger partial charge in [0.1, 0.15) is 0 Å². The second kappa shape index (κ2) is 9.77. The molecular weight excluding hydrogens is 619 g/mol. The summed E-state index contributed by atoms with van der Waals surface area (Å²) in [6, 6.07) is 60.9. The van der Waals surface area contributed by atoms with E-state index in [4.69, 9.17) is 0 Å². The molecule has 48 heavy (non-hydrogen) atoms. The van der Waals surface area contributed by atoms with Gasteiger partial charge in [-0.15, -0.1) is 22.7 Å². The Bertz CT molecular complexity index is 2750. The SMILES string of the molecule is c1ccc(N(c2ccc3c(c2)-c2ccccc2C32c3ccccc3-c3sc4ccccc4c32)c2cccc3c2sc2ccccc23)cc1. The smallest absolute Gasteiger partial charge is 0.0740 e. The van der Waals surface area contributed by atoms with Crippen molar-refractivity contribution < 1.29 is 0 Å². The fraction of sp³-hybridized carbons (Fsp3) is 0.0222. The molecule has 0 saturated carbocycles. The van der Waals surface area contributed by atoms with Crippen molar-refractivity contribution in [1.82, 2.24) is 0 Å². The number of hydrogen-bond donors (Lipinski definition) is 0. The van der Waals surface area contributed by atoms with Gasteiger partial charge in [0.25, 0.3) is 0 Å². The first-order valence-electron chi connectivity index (χ1n) is 16.4. The van der Waals surface area contributed by atoms with Gasteiger partial charge in [-0.1, -0.05) is 121 Å². The average Bonchev–Trinajstić information content (AvgIpc) is 3.87. The minimum absolute atomic E-state index is 0.362. The summed E-state index contributed by atoms with van der Waals surface area (Å²) in [4.78, 5) is 3.86. The summed E-state index contributed by atoms with van der Waals surface area (Å²) in [5.74, 6) is 0. The van der Waals surface area contributed by atoms with E-state index < -0.39 is 0 Å². The van der Waals surface area contributed by atoms with Gasteiger partial charge >= 0.3 is 0 Å². The molecule has 2 heterocycles. The molecule has 1 nitrogen and oxygen atoms in total. The summed E-state index contributed by atoms with van der Waals surface area (Å²) in [7, 11) is 0. The molecule has 0 radical (unpaired) electrons. The number of hydrogen-bond acceptors (Lipinski definition) is 3. The Balaban J connectivity index is 1.21. The Kier molecular flexibility index (Phi) is 5.41. The number of fused-ring (bicyclic) bond motifs is 15. The molecule has 9 aromatic rings. The maximum absolute atomic E-state index is 2.46. The Hall–Kier alpha value is -5.48. The predicted molar refractivity (Wildman–Crippen MR) is 206 cm³/mol. The van der Waals surface area contributed by atoms with Gasteiger partial charge in [-0.05, 0) is 86.8 Å². The van der Waals surface area contributed by atoms with Crippen molar-refractivity contribution in [3.63, 3.8) is 0 Å². The summed E-state index contributed by atoms with van der Waals surface area (Å²) in [6.07, 6.45) is 0. The molecule has 1 unspecified atom stereocenters. The lowest BCUT2D eigenvalue weighted by atomic mass is 9.70. The van der Waals surface area contributed by atoms with Crippen LogP contribution >= 0.6 is 22.7 Å². The van der Waals surface area contributed by atoms with Gasteiger partial charge in [0.2, 0.25) is 0 Å². The van der Waals surface area contributed by atoms with E-state index in [1.165, 1.54) is 85.5 Å². The first-order chi connectivity index (χ1) is 23.8. The molecule has 0 aliphatic heterocycles. The van der Waals surface area contributed by atoms with E-state index in [1.54, 1.807) is 0 Å². The number of nitrogens with zero attached hydrogens (tertiary/aromatic N) is 1. The zero-order chi connectivity index (χ0) is 31.4. The molecule has 0 N–H and O–H groups in total. The van der Waals surface area contributed by atoms with Crippen molar-refractivity contribution in [2.45, 2.75) is 5.41 Å². The molecule has 2 aliphatic rings. The second-order valence-corrected chi connectivity index (χ2v) is 14.9. The first kappa shape index (κ1) is 26.6. The van der Waals surface area contributed by atoms with Gasteiger partial charge in [-0.25, -0.2) is 0 Å². The molecule has 0 fully saturated rings. The van der Waals surface area contributed by atoms with Crippen LogP contribution in [0.3, 0.4) is 0 Å². The van der Waals surface area contributed by atoms with Crippen molar-refractivity contribution in [3.05, 3.63) is 186 Å². The van der Waals surface area contributed by atoms with E-state index in [0.717, 1.165) is 5.69 Å². The van der Waals surface area contributed by atoms with E-state index >= 15 is 0 Å². The summed E-state index contributed by atoms with van der Waals surface area (Å²) in [6.45, 7) is 0. The van der Waals surface area contributed by atoms with Crippen molar-refractivity contribution in [1.29, 1.82) is 0 Å². The van der Waals surface area contributed by atoms with Crippen LogP contribution in [0.15, 0.2) is 164 Å². The maximum Gasteiger partial charge on any atom is 0.0740 e. The van der Waals surface area contributed by atoms with E-state index in [9.17, 15) is 0 Å². The van der Waals surface area contributed by atoms with E-state index in [1.807, 2.05) is 22.7 Å². The van der Waals surface area contributed by atoms with Gasteiger partial charge in [-0.3, -0.25) is 0 Å². The number of para-hydroxylation sites is 1. The van der Waals surface area contributed by atoms with Crippen LogP contribution in [0.25, 0.3) is 51.8 Å². The monoisotopic (exact) mass is 645 g/mol. The van der Waals surface area contributed by atoms with Crippen LogP contribution in [0.1, 0.15) is 22.3 Å². The molecule has 0 bridgehead atoms. The zero-order valence-electron chi connectivity index (χ0n) is 25.9. The molecule has 11 rings (SSSR count). The largest absolute Gasteiger partial charge is 0.309 e. The van der Waals surface area contributed by atoms with Crippen LogP contribution in [-0.2, 0) is 5.41 Å². The fourth-order valence-electron chi connectivity index (χ4n) is 8.63. The van der Waals surface area contributed by atoms with Gasteiger partial charge in [-0.2, -0.15) is 0 Å². The maximum atomic E-state index is 2.46. The van der Waals surface area contributed by atoms with Crippen molar-refractivity contribution in [2.75, 3.05) is 4.90 Å². The highest BCUT2D eigenvalue weighted by Crippen LogP contribution is 2.66. The Labute approximate surface area is 286 Å². The lowest BCUT2D eigenvalue weighted by Gasteiger charge is -2.31. The van der Waals surface area contributed by atoms with E-state index in [0.29, 0.717) is 0 Å². The Morgan fingerprint density at radius 2 is 1.04 bits per heavy atom. The molecule has 3 heteroatoms. The van der Waals surface area contributed by atoms with Crippen LogP contribution in [0, 0.1) is 0 Å². The van der Waals surface area contributed by atoms with Crippen LogP contribution in [0.4, 0.5) is 17.1 Å². The number of thiophene rings is 2. The quantitative estimate of drug-likeness (QED) is 0.185. The topological polar surface area (TPSA) is 3.24 Å². The third kappa shape index (κ3) is 3.35. The van der Waals surface area contributed by atoms with Crippen LogP contribution in [0.2, 0.25) is 0 Å². The highest BCUT2D eigenvalue weighted by Gasteiger charge is 2.53. The van der Waals surface area contributed by atoms with E-state index in [2.05, 4.69) is 169 Å². The fourth-order valence-corrected chi connectivity index (χ4v) is 11.1.